The Morgan fingerprint density at radius 2 is 1.56 bits per heavy atom. The van der Waals surface area contributed by atoms with Gasteiger partial charge in [-0.05, 0) is 67.8 Å². The number of rotatable bonds is 20. The number of nitrogens with one attached hydrogen (secondary N) is 1. The van der Waals surface area contributed by atoms with Gasteiger partial charge in [0.05, 0.1) is 25.4 Å². The lowest BCUT2D eigenvalue weighted by Gasteiger charge is -2.35. The van der Waals surface area contributed by atoms with Crippen LogP contribution in [0.25, 0.3) is 33.1 Å². The van der Waals surface area contributed by atoms with Gasteiger partial charge >= 0.3 is 0 Å². The number of nitrogen functional groups attached to an aromatic ring is 1. The van der Waals surface area contributed by atoms with Crippen molar-refractivity contribution in [2.75, 3.05) is 74.2 Å². The van der Waals surface area contributed by atoms with Gasteiger partial charge in [-0.25, -0.2) is 15.8 Å². The van der Waals surface area contributed by atoms with Gasteiger partial charge in [0.15, 0.2) is 16.8 Å². The van der Waals surface area contributed by atoms with Crippen molar-refractivity contribution in [2.24, 2.45) is 11.6 Å². The Morgan fingerprint density at radius 1 is 0.881 bits per heavy atom. The predicted octanol–water partition coefficient (Wildman–Crippen LogP) is 6.55. The highest BCUT2D eigenvalue weighted by molar-refractivity contribution is 9.10. The van der Waals surface area contributed by atoms with Gasteiger partial charge in [-0.15, -0.1) is 5.10 Å². The van der Waals surface area contributed by atoms with Gasteiger partial charge in [-0.2, -0.15) is 0 Å². The van der Waals surface area contributed by atoms with Crippen LogP contribution in [-0.4, -0.2) is 109 Å². The highest BCUT2D eigenvalue weighted by Gasteiger charge is 2.21. The molecule has 0 aliphatic carbocycles. The summed E-state index contributed by atoms with van der Waals surface area (Å²) >= 11 is 8.84. The molecule has 14 nitrogen and oxygen atoms in total. The highest BCUT2D eigenvalue weighted by atomic mass is 79.9. The molecule has 4 heterocycles. The van der Waals surface area contributed by atoms with Gasteiger partial charge < -0.3 is 31.4 Å². The third kappa shape index (κ3) is 11.1. The predicted molar refractivity (Wildman–Crippen MR) is 248 cm³/mol. The number of aliphatic hydroxyl groups excluding tert-OH is 1. The lowest BCUT2D eigenvalue weighted by Crippen LogP contribution is -2.49. The first-order valence-corrected chi connectivity index (χ1v) is 23.0. The number of hydrogen-bond donors (Lipinski definition) is 5. The molecule has 1 aliphatic rings. The monoisotopic (exact) mass is 947 g/mol. The molecule has 1 atom stereocenters. The maximum atomic E-state index is 11.2. The Morgan fingerprint density at radius 3 is 2.24 bits per heavy atom. The minimum absolute atomic E-state index is 0.399. The standard InChI is InChI=1S/C42H55Br2N13OS/c1-2-22-59-42-49-40(48-15-14-45)39(46)41(50-42)57(47)25-29-6-8-30(9-7-29)36-28-55(52-51-36)17-5-3-4-16-53-18-20-54(21-19-53)26-33(58)27-56-37-12-10-31(43)23-34(37)35-24-32(44)11-13-38(35)56/h6-13,23-24,28,33,58H,2-5,14-22,25-27,45-47H2,1H3,(H,48,49,50). The van der Waals surface area contributed by atoms with Gasteiger partial charge in [0, 0.05) is 94.4 Å². The van der Waals surface area contributed by atoms with Gasteiger partial charge in [-0.1, -0.05) is 86.4 Å². The minimum Gasteiger partial charge on any atom is -0.393 e. The fourth-order valence-corrected chi connectivity index (χ4v) is 9.04. The number of nitrogens with zero attached hydrogens (tertiary/aromatic N) is 9. The summed E-state index contributed by atoms with van der Waals surface area (Å²) in [5.41, 5.74) is 17.7. The zero-order chi connectivity index (χ0) is 41.3. The smallest absolute Gasteiger partial charge is 0.191 e. The van der Waals surface area contributed by atoms with Crippen molar-refractivity contribution in [1.29, 1.82) is 0 Å². The quantitative estimate of drug-likeness (QED) is 0.0183. The molecule has 59 heavy (non-hydrogen) atoms. The summed E-state index contributed by atoms with van der Waals surface area (Å²) in [6.07, 6.45) is 5.89. The molecule has 1 fully saturated rings. The van der Waals surface area contributed by atoms with E-state index >= 15 is 0 Å². The minimum atomic E-state index is -0.454. The highest BCUT2D eigenvalue weighted by Crippen LogP contribution is 2.34. The van der Waals surface area contributed by atoms with Crippen LogP contribution in [0.2, 0.25) is 0 Å². The zero-order valence-corrected chi connectivity index (χ0v) is 37.6. The van der Waals surface area contributed by atoms with Crippen LogP contribution in [0, 0.1) is 0 Å². The number of β-amino-alcohol motifs (C(OH)–C–C–N with tert-alkyl or cyclic N) is 1. The number of fused-ring (bicyclic) bond motifs is 3. The molecule has 3 aromatic carbocycles. The number of halogens is 2. The van der Waals surface area contributed by atoms with Gasteiger partial charge in [0.1, 0.15) is 11.4 Å². The maximum absolute atomic E-state index is 11.2. The topological polar surface area (TPSA) is 181 Å². The van der Waals surface area contributed by atoms with E-state index in [4.69, 9.17) is 17.3 Å². The normalized spacial score (nSPS) is 14.4. The van der Waals surface area contributed by atoms with Crippen molar-refractivity contribution in [2.45, 2.75) is 63.5 Å². The van der Waals surface area contributed by atoms with Gasteiger partial charge in [0.25, 0.3) is 0 Å². The SMILES string of the molecule is CCCSc1nc(NCCN)c(N)c(N(N)Cc2ccc(-c3cn(CCCCCN4CCN(CC(O)Cn5c6ccc(Br)cc6c6cc(Br)ccc65)CC4)nn3)cc2)n1. The molecule has 1 unspecified atom stereocenters. The van der Waals surface area contributed by atoms with Crippen LogP contribution in [0.4, 0.5) is 17.3 Å². The summed E-state index contributed by atoms with van der Waals surface area (Å²) in [5.74, 6) is 8.44. The number of aryl methyl sites for hydroxylation is 1. The number of hydrogen-bond acceptors (Lipinski definition) is 13. The van der Waals surface area contributed by atoms with Crippen molar-refractivity contribution in [1.82, 2.24) is 39.3 Å². The van der Waals surface area contributed by atoms with Crippen LogP contribution in [-0.2, 0) is 19.6 Å². The second-order valence-corrected chi connectivity index (χ2v) is 18.0. The number of aromatic nitrogens is 6. The van der Waals surface area contributed by atoms with Crippen LogP contribution >= 0.6 is 43.6 Å². The lowest BCUT2D eigenvalue weighted by atomic mass is 10.1. The molecule has 314 valence electrons. The molecule has 0 amide bonds. The van der Waals surface area contributed by atoms with Crippen molar-refractivity contribution in [3.8, 4) is 11.3 Å². The molecule has 0 radical (unpaired) electrons. The maximum Gasteiger partial charge on any atom is 0.191 e. The van der Waals surface area contributed by atoms with E-state index in [1.165, 1.54) is 10.8 Å². The fraction of sp³-hybridized carbons (Fsp3) is 0.429. The lowest BCUT2D eigenvalue weighted by molar-refractivity contribution is 0.0650. The summed E-state index contributed by atoms with van der Waals surface area (Å²) in [6, 6.07) is 20.9. The van der Waals surface area contributed by atoms with E-state index in [1.807, 2.05) is 35.1 Å². The Balaban J connectivity index is 0.820. The third-order valence-corrected chi connectivity index (χ3v) is 12.7. The largest absolute Gasteiger partial charge is 0.393 e. The molecule has 0 saturated carbocycles. The molecule has 7 rings (SSSR count). The first kappa shape index (κ1) is 43.3. The summed E-state index contributed by atoms with van der Waals surface area (Å²) < 4.78 is 6.31. The Labute approximate surface area is 367 Å². The number of anilines is 3. The molecule has 3 aromatic heterocycles. The molecule has 0 bridgehead atoms. The first-order valence-electron chi connectivity index (χ1n) is 20.4. The molecular formula is C42H55Br2N13OS. The Hall–Kier alpha value is -3.81. The summed E-state index contributed by atoms with van der Waals surface area (Å²) in [6.45, 7) is 10.7. The summed E-state index contributed by atoms with van der Waals surface area (Å²) in [5, 5.41) is 27.9. The van der Waals surface area contributed by atoms with Gasteiger partial charge in [0.2, 0.25) is 0 Å². The Bertz CT molecular complexity index is 2240. The first-order chi connectivity index (χ1) is 28.7. The molecule has 6 aromatic rings. The second-order valence-electron chi connectivity index (χ2n) is 15.1. The Kier molecular flexibility index (Phi) is 15.1. The number of aliphatic hydroxyl groups is 1. The number of unbranched alkanes of at least 4 members (excludes halogenated alkanes) is 2. The van der Waals surface area contributed by atoms with E-state index < -0.39 is 6.10 Å². The molecule has 1 aliphatic heterocycles. The van der Waals surface area contributed by atoms with Crippen LogP contribution in [0.3, 0.4) is 0 Å². The molecule has 17 heteroatoms. The molecular weight excluding hydrogens is 894 g/mol. The molecule has 1 saturated heterocycles. The van der Waals surface area contributed by atoms with E-state index in [9.17, 15) is 5.11 Å². The zero-order valence-electron chi connectivity index (χ0n) is 33.6. The average molecular weight is 950 g/mol. The van der Waals surface area contributed by atoms with Crippen LogP contribution in [0.5, 0.6) is 0 Å². The van der Waals surface area contributed by atoms with E-state index in [0.29, 0.717) is 55.2 Å². The fourth-order valence-electron chi connectivity index (χ4n) is 7.63. The number of piperazine rings is 1. The molecule has 0 spiro atoms. The molecule has 8 N–H and O–H groups in total. The second kappa shape index (κ2) is 20.6. The van der Waals surface area contributed by atoms with Crippen LogP contribution in [0.1, 0.15) is 38.2 Å². The van der Waals surface area contributed by atoms with Crippen molar-refractivity contribution >= 4 is 82.8 Å². The van der Waals surface area contributed by atoms with E-state index in [0.717, 1.165) is 108 Å². The van der Waals surface area contributed by atoms with E-state index in [1.54, 1.807) is 16.8 Å². The van der Waals surface area contributed by atoms with Crippen molar-refractivity contribution < 1.29 is 5.11 Å². The third-order valence-electron chi connectivity index (χ3n) is 10.7. The van der Waals surface area contributed by atoms with E-state index in [2.05, 4.69) is 115 Å². The van der Waals surface area contributed by atoms with E-state index in [-0.39, 0.29) is 0 Å². The summed E-state index contributed by atoms with van der Waals surface area (Å²) in [7, 11) is 0. The number of nitrogens with two attached hydrogens (primary N) is 3. The number of benzene rings is 3. The number of hydrazine groups is 1. The summed E-state index contributed by atoms with van der Waals surface area (Å²) in [4.78, 5) is 14.2. The van der Waals surface area contributed by atoms with Crippen molar-refractivity contribution in [3.63, 3.8) is 0 Å². The van der Waals surface area contributed by atoms with Crippen LogP contribution < -0.4 is 27.6 Å². The van der Waals surface area contributed by atoms with Gasteiger partial charge in [-0.3, -0.25) is 14.6 Å². The average Bonchev–Trinajstić information content (AvgIpc) is 3.82. The number of thioether (sulfide) groups is 1. The van der Waals surface area contributed by atoms with Crippen LogP contribution in [0.15, 0.2) is 81.0 Å². The van der Waals surface area contributed by atoms with Crippen molar-refractivity contribution in [3.05, 3.63) is 81.4 Å².